The molecule has 4 aromatic rings. The molecule has 0 fully saturated rings. The molecule has 33 heavy (non-hydrogen) atoms. The smallest absolute Gasteiger partial charge is 0.247 e. The van der Waals surface area contributed by atoms with Gasteiger partial charge in [0.15, 0.2) is 0 Å². The molecular formula is C28H25N3O2. The van der Waals surface area contributed by atoms with Crippen molar-refractivity contribution in [3.63, 3.8) is 0 Å². The molecule has 164 valence electrons. The Bertz CT molecular complexity index is 1130. The summed E-state index contributed by atoms with van der Waals surface area (Å²) in [6.07, 6.45) is 3.37. The van der Waals surface area contributed by atoms with Crippen molar-refractivity contribution >= 4 is 11.8 Å². The van der Waals surface area contributed by atoms with Crippen molar-refractivity contribution in [1.29, 1.82) is 0 Å². The second-order valence-corrected chi connectivity index (χ2v) is 7.68. The second-order valence-electron chi connectivity index (χ2n) is 7.68. The molecule has 1 aromatic heterocycles. The highest BCUT2D eigenvalue weighted by Crippen LogP contribution is 2.26. The maximum atomic E-state index is 13.6. The number of benzene rings is 3. The monoisotopic (exact) mass is 435 g/mol. The van der Waals surface area contributed by atoms with E-state index in [1.54, 1.807) is 12.4 Å². The van der Waals surface area contributed by atoms with Gasteiger partial charge in [0.1, 0.15) is 6.04 Å². The zero-order valence-corrected chi connectivity index (χ0v) is 18.1. The molecule has 0 saturated carbocycles. The number of nitrogens with zero attached hydrogens (tertiary/aromatic N) is 1. The average Bonchev–Trinajstić information content (AvgIpc) is 2.88. The molecule has 0 radical (unpaired) electrons. The van der Waals surface area contributed by atoms with Gasteiger partial charge in [-0.15, -0.1) is 0 Å². The van der Waals surface area contributed by atoms with E-state index in [0.717, 1.165) is 22.3 Å². The van der Waals surface area contributed by atoms with Gasteiger partial charge in [0, 0.05) is 18.9 Å². The summed E-state index contributed by atoms with van der Waals surface area (Å²) in [4.78, 5) is 30.8. The molecule has 2 N–H and O–H groups in total. The number of aromatic nitrogens is 1. The number of hydrogen-bond donors (Lipinski definition) is 2. The van der Waals surface area contributed by atoms with Crippen LogP contribution in [-0.4, -0.2) is 16.8 Å². The van der Waals surface area contributed by atoms with Crippen LogP contribution in [0.5, 0.6) is 0 Å². The predicted octanol–water partition coefficient (Wildman–Crippen LogP) is 4.39. The van der Waals surface area contributed by atoms with Crippen molar-refractivity contribution < 1.29 is 9.59 Å². The number of pyridine rings is 1. The van der Waals surface area contributed by atoms with Gasteiger partial charge >= 0.3 is 0 Å². The highest BCUT2D eigenvalue weighted by molar-refractivity contribution is 5.93. The Morgan fingerprint density at radius 3 is 1.64 bits per heavy atom. The lowest BCUT2D eigenvalue weighted by Gasteiger charge is -2.23. The van der Waals surface area contributed by atoms with E-state index in [9.17, 15) is 9.59 Å². The standard InChI is InChI=1S/C28H25N3O2/c32-27(25(22-10-4-1-5-11-22)23-12-6-2-7-13-23)31-26(24-14-8-3-9-15-24)28(33)30-20-21-16-18-29-19-17-21/h1-19,25-26H,20H2,(H,30,33)(H,31,32). The van der Waals surface area contributed by atoms with Crippen LogP contribution in [0.25, 0.3) is 0 Å². The van der Waals surface area contributed by atoms with Crippen LogP contribution in [0.1, 0.15) is 34.2 Å². The molecule has 0 bridgehead atoms. The molecule has 4 rings (SSSR count). The van der Waals surface area contributed by atoms with Gasteiger partial charge in [-0.1, -0.05) is 91.0 Å². The fourth-order valence-electron chi connectivity index (χ4n) is 3.75. The van der Waals surface area contributed by atoms with Crippen molar-refractivity contribution in [2.75, 3.05) is 0 Å². The van der Waals surface area contributed by atoms with E-state index in [2.05, 4.69) is 15.6 Å². The molecule has 0 aliphatic rings. The van der Waals surface area contributed by atoms with Crippen LogP contribution < -0.4 is 10.6 Å². The van der Waals surface area contributed by atoms with Gasteiger partial charge in [-0.05, 0) is 34.4 Å². The number of nitrogens with one attached hydrogen (secondary N) is 2. The van der Waals surface area contributed by atoms with Crippen LogP contribution in [-0.2, 0) is 16.1 Å². The van der Waals surface area contributed by atoms with Crippen molar-refractivity contribution in [2.24, 2.45) is 0 Å². The zero-order chi connectivity index (χ0) is 22.9. The van der Waals surface area contributed by atoms with E-state index in [1.807, 2.05) is 103 Å². The first-order chi connectivity index (χ1) is 16.2. The fraction of sp³-hybridized carbons (Fsp3) is 0.107. The zero-order valence-electron chi connectivity index (χ0n) is 18.1. The molecule has 1 heterocycles. The molecular weight excluding hydrogens is 410 g/mol. The van der Waals surface area contributed by atoms with Gasteiger partial charge in [-0.3, -0.25) is 14.6 Å². The van der Waals surface area contributed by atoms with E-state index in [-0.39, 0.29) is 11.8 Å². The third-order valence-corrected chi connectivity index (χ3v) is 5.43. The van der Waals surface area contributed by atoms with Crippen LogP contribution >= 0.6 is 0 Å². The summed E-state index contributed by atoms with van der Waals surface area (Å²) < 4.78 is 0. The first kappa shape index (κ1) is 22.0. The van der Waals surface area contributed by atoms with Gasteiger partial charge in [-0.25, -0.2) is 0 Å². The molecule has 2 amide bonds. The Labute approximate surface area is 193 Å². The van der Waals surface area contributed by atoms with Gasteiger partial charge in [0.25, 0.3) is 0 Å². The van der Waals surface area contributed by atoms with Crippen molar-refractivity contribution in [3.8, 4) is 0 Å². The molecule has 3 aromatic carbocycles. The minimum Gasteiger partial charge on any atom is -0.350 e. The predicted molar refractivity (Wildman–Crippen MR) is 128 cm³/mol. The maximum absolute atomic E-state index is 13.6. The molecule has 0 aliphatic heterocycles. The Kier molecular flexibility index (Phi) is 7.23. The summed E-state index contributed by atoms with van der Waals surface area (Å²) in [6.45, 7) is 0.349. The summed E-state index contributed by atoms with van der Waals surface area (Å²) in [6, 6.07) is 31.4. The van der Waals surface area contributed by atoms with E-state index in [4.69, 9.17) is 0 Å². The Morgan fingerprint density at radius 2 is 1.12 bits per heavy atom. The van der Waals surface area contributed by atoms with E-state index in [1.165, 1.54) is 0 Å². The number of carbonyl (C=O) groups excluding carboxylic acids is 2. The minimum absolute atomic E-state index is 0.236. The van der Waals surface area contributed by atoms with E-state index >= 15 is 0 Å². The lowest BCUT2D eigenvalue weighted by atomic mass is 9.90. The molecule has 0 saturated heterocycles. The molecule has 1 unspecified atom stereocenters. The number of rotatable bonds is 8. The SMILES string of the molecule is O=C(NCc1ccncc1)C(NC(=O)C(c1ccccc1)c1ccccc1)c1ccccc1. The summed E-state index contributed by atoms with van der Waals surface area (Å²) >= 11 is 0. The lowest BCUT2D eigenvalue weighted by Crippen LogP contribution is -2.42. The summed E-state index contributed by atoms with van der Waals surface area (Å²) in [5, 5.41) is 5.94. The molecule has 0 aliphatic carbocycles. The normalized spacial score (nSPS) is 11.5. The van der Waals surface area contributed by atoms with Crippen molar-refractivity contribution in [3.05, 3.63) is 138 Å². The summed E-state index contributed by atoms with van der Waals surface area (Å²) in [5.74, 6) is -1.04. The lowest BCUT2D eigenvalue weighted by molar-refractivity contribution is -0.129. The average molecular weight is 436 g/mol. The van der Waals surface area contributed by atoms with Crippen LogP contribution in [0.4, 0.5) is 0 Å². The molecule has 0 spiro atoms. The fourth-order valence-corrected chi connectivity index (χ4v) is 3.75. The van der Waals surface area contributed by atoms with Crippen molar-refractivity contribution in [1.82, 2.24) is 15.6 Å². The minimum atomic E-state index is -0.824. The van der Waals surface area contributed by atoms with Gasteiger partial charge in [0.2, 0.25) is 11.8 Å². The quantitative estimate of drug-likeness (QED) is 0.431. The van der Waals surface area contributed by atoms with Crippen LogP contribution in [0.15, 0.2) is 116 Å². The van der Waals surface area contributed by atoms with E-state index in [0.29, 0.717) is 6.54 Å². The maximum Gasteiger partial charge on any atom is 0.247 e. The van der Waals surface area contributed by atoms with Gasteiger partial charge in [0.05, 0.1) is 5.92 Å². The molecule has 5 heteroatoms. The Balaban J connectivity index is 1.60. The topological polar surface area (TPSA) is 71.1 Å². The first-order valence-corrected chi connectivity index (χ1v) is 10.8. The number of amides is 2. The van der Waals surface area contributed by atoms with E-state index < -0.39 is 12.0 Å². The van der Waals surface area contributed by atoms with Gasteiger partial charge < -0.3 is 10.6 Å². The number of carbonyl (C=O) groups is 2. The third kappa shape index (κ3) is 5.71. The van der Waals surface area contributed by atoms with Crippen LogP contribution in [0.2, 0.25) is 0 Å². The van der Waals surface area contributed by atoms with Crippen molar-refractivity contribution in [2.45, 2.75) is 18.5 Å². The highest BCUT2D eigenvalue weighted by Gasteiger charge is 2.28. The molecule has 1 atom stereocenters. The van der Waals surface area contributed by atoms with Crippen LogP contribution in [0.3, 0.4) is 0 Å². The molecule has 5 nitrogen and oxygen atoms in total. The highest BCUT2D eigenvalue weighted by atomic mass is 16.2. The largest absolute Gasteiger partial charge is 0.350 e. The first-order valence-electron chi connectivity index (χ1n) is 10.8. The van der Waals surface area contributed by atoms with Crippen LogP contribution in [0, 0.1) is 0 Å². The summed E-state index contributed by atoms with van der Waals surface area (Å²) in [5.41, 5.74) is 3.39. The van der Waals surface area contributed by atoms with Gasteiger partial charge in [-0.2, -0.15) is 0 Å². The second kappa shape index (κ2) is 10.9. The number of hydrogen-bond acceptors (Lipinski definition) is 3. The Hall–Kier alpha value is -4.25. The third-order valence-electron chi connectivity index (χ3n) is 5.43. The summed E-state index contributed by atoms with van der Waals surface area (Å²) in [7, 11) is 0. The Morgan fingerprint density at radius 1 is 0.636 bits per heavy atom.